The van der Waals surface area contributed by atoms with Gasteiger partial charge in [-0.3, -0.25) is 19.4 Å². The normalized spacial score (nSPS) is 16.4. The molecule has 2 atom stereocenters. The van der Waals surface area contributed by atoms with Crippen LogP contribution in [-0.4, -0.2) is 50.5 Å². The van der Waals surface area contributed by atoms with Gasteiger partial charge in [0.1, 0.15) is 29.3 Å². The van der Waals surface area contributed by atoms with Gasteiger partial charge in [0.15, 0.2) is 0 Å². The Labute approximate surface area is 223 Å². The van der Waals surface area contributed by atoms with E-state index in [0.717, 1.165) is 10.5 Å². The summed E-state index contributed by atoms with van der Waals surface area (Å²) in [5, 5.41) is 13.0. The van der Waals surface area contributed by atoms with Gasteiger partial charge in [-0.2, -0.15) is 0 Å². The van der Waals surface area contributed by atoms with E-state index in [4.69, 9.17) is 16.3 Å². The zero-order valence-electron chi connectivity index (χ0n) is 20.7. The monoisotopic (exact) mass is 540 g/mol. The molecule has 0 aliphatic carbocycles. The average molecular weight is 541 g/mol. The molecule has 0 saturated carbocycles. The molecule has 1 aliphatic rings. The molecule has 3 aromatic rings. The third-order valence-electron chi connectivity index (χ3n) is 6.04. The van der Waals surface area contributed by atoms with Crippen molar-refractivity contribution in [3.05, 3.63) is 82.8 Å². The SMILES string of the molecule is Cc1nc(NC2CC(=O)N(C[C@H](C)C(=O)O)C(=O)N2Cc2ccc(Cl)cc2)ccc1Oc1cccc(F)c1. The van der Waals surface area contributed by atoms with Crippen LogP contribution in [-0.2, 0) is 16.1 Å². The number of carbonyl (C=O) groups is 3. The van der Waals surface area contributed by atoms with Crippen LogP contribution in [0.15, 0.2) is 60.7 Å². The lowest BCUT2D eigenvalue weighted by atomic mass is 10.1. The van der Waals surface area contributed by atoms with Crippen molar-refractivity contribution in [2.24, 2.45) is 5.92 Å². The zero-order chi connectivity index (χ0) is 27.4. The predicted octanol–water partition coefficient (Wildman–Crippen LogP) is 5.29. The minimum atomic E-state index is -1.10. The lowest BCUT2D eigenvalue weighted by Crippen LogP contribution is -2.59. The van der Waals surface area contributed by atoms with Crippen molar-refractivity contribution < 1.29 is 28.6 Å². The van der Waals surface area contributed by atoms with Gasteiger partial charge in [0, 0.05) is 24.2 Å². The van der Waals surface area contributed by atoms with Crippen molar-refractivity contribution in [3.63, 3.8) is 0 Å². The maximum absolute atomic E-state index is 13.5. The average Bonchev–Trinajstić information content (AvgIpc) is 2.87. The molecule has 4 rings (SSSR count). The van der Waals surface area contributed by atoms with Gasteiger partial charge in [-0.25, -0.2) is 14.2 Å². The molecule has 3 amide bonds. The Morgan fingerprint density at radius 2 is 1.95 bits per heavy atom. The first-order chi connectivity index (χ1) is 18.1. The number of carboxylic acids is 1. The van der Waals surface area contributed by atoms with Gasteiger partial charge in [0.25, 0.3) is 0 Å². The smallest absolute Gasteiger partial charge is 0.328 e. The van der Waals surface area contributed by atoms with E-state index >= 15 is 0 Å². The molecular formula is C27H26ClFN4O5. The number of ether oxygens (including phenoxy) is 1. The fourth-order valence-corrected chi connectivity index (χ4v) is 4.10. The Morgan fingerprint density at radius 3 is 2.61 bits per heavy atom. The van der Waals surface area contributed by atoms with Crippen molar-refractivity contribution in [2.75, 3.05) is 11.9 Å². The Balaban J connectivity index is 1.56. The highest BCUT2D eigenvalue weighted by Crippen LogP contribution is 2.28. The number of carbonyl (C=O) groups excluding carboxylic acids is 2. The number of urea groups is 1. The minimum absolute atomic E-state index is 0.0893. The van der Waals surface area contributed by atoms with Crippen LogP contribution >= 0.6 is 11.6 Å². The zero-order valence-corrected chi connectivity index (χ0v) is 21.5. The van der Waals surface area contributed by atoms with E-state index in [0.29, 0.717) is 28.0 Å². The Morgan fingerprint density at radius 1 is 1.21 bits per heavy atom. The summed E-state index contributed by atoms with van der Waals surface area (Å²) >= 11 is 6.00. The summed E-state index contributed by atoms with van der Waals surface area (Å²) < 4.78 is 19.2. The van der Waals surface area contributed by atoms with E-state index in [2.05, 4.69) is 10.3 Å². The molecule has 1 saturated heterocycles. The fourth-order valence-electron chi connectivity index (χ4n) is 3.97. The highest BCUT2D eigenvalue weighted by molar-refractivity contribution is 6.30. The van der Waals surface area contributed by atoms with Crippen molar-refractivity contribution in [2.45, 2.75) is 33.0 Å². The molecule has 1 aliphatic heterocycles. The second-order valence-electron chi connectivity index (χ2n) is 8.98. The molecule has 0 spiro atoms. The summed E-state index contributed by atoms with van der Waals surface area (Å²) in [6.07, 6.45) is -0.836. The largest absolute Gasteiger partial charge is 0.481 e. The third-order valence-corrected chi connectivity index (χ3v) is 6.29. The van der Waals surface area contributed by atoms with E-state index in [-0.39, 0.29) is 19.5 Å². The number of pyridine rings is 1. The molecular weight excluding hydrogens is 515 g/mol. The topological polar surface area (TPSA) is 112 Å². The number of imide groups is 1. The fraction of sp³-hybridized carbons (Fsp3) is 0.259. The maximum atomic E-state index is 13.5. The number of hydrogen-bond acceptors (Lipinski definition) is 6. The lowest BCUT2D eigenvalue weighted by molar-refractivity contribution is -0.143. The van der Waals surface area contributed by atoms with Gasteiger partial charge in [-0.1, -0.05) is 36.7 Å². The van der Waals surface area contributed by atoms with Crippen molar-refractivity contribution in [3.8, 4) is 11.5 Å². The number of benzene rings is 2. The number of nitrogens with zero attached hydrogens (tertiary/aromatic N) is 3. The molecule has 1 unspecified atom stereocenters. The Kier molecular flexibility index (Phi) is 8.11. The second-order valence-corrected chi connectivity index (χ2v) is 9.42. The summed E-state index contributed by atoms with van der Waals surface area (Å²) in [5.41, 5.74) is 1.28. The minimum Gasteiger partial charge on any atom is -0.481 e. The molecule has 0 bridgehead atoms. The summed E-state index contributed by atoms with van der Waals surface area (Å²) in [5.74, 6) is -1.79. The van der Waals surface area contributed by atoms with Gasteiger partial charge in [0.2, 0.25) is 5.91 Å². The summed E-state index contributed by atoms with van der Waals surface area (Å²) in [6.45, 7) is 3.08. The Hall–Kier alpha value is -4.18. The third kappa shape index (κ3) is 6.38. The van der Waals surface area contributed by atoms with E-state index in [1.54, 1.807) is 49.4 Å². The van der Waals surface area contributed by atoms with Crippen LogP contribution in [0.5, 0.6) is 11.5 Å². The number of amides is 3. The van der Waals surface area contributed by atoms with Crippen LogP contribution in [0.25, 0.3) is 0 Å². The van der Waals surface area contributed by atoms with E-state index in [1.165, 1.54) is 30.0 Å². The molecule has 38 heavy (non-hydrogen) atoms. The predicted molar refractivity (Wildman–Crippen MR) is 138 cm³/mol. The quantitative estimate of drug-likeness (QED) is 0.379. The van der Waals surface area contributed by atoms with Crippen LogP contribution in [0.1, 0.15) is 24.6 Å². The Bertz CT molecular complexity index is 1350. The lowest BCUT2D eigenvalue weighted by Gasteiger charge is -2.41. The van der Waals surface area contributed by atoms with Crippen LogP contribution in [0, 0.1) is 18.7 Å². The highest BCUT2D eigenvalue weighted by atomic mass is 35.5. The molecule has 1 aromatic heterocycles. The standard InChI is InChI=1S/C27H26ClFN4O5/c1-16(26(35)36)14-33-25(34)13-24(32(27(33)37)15-18-6-8-19(28)9-7-18)31-23-11-10-22(17(2)30-23)38-21-5-3-4-20(29)12-21/h3-12,16,24H,13-15H2,1-2H3,(H,30,31)(H,35,36)/t16-,24?/m0/s1. The number of aryl methyl sites for hydroxylation is 1. The molecule has 198 valence electrons. The van der Waals surface area contributed by atoms with Gasteiger partial charge in [0.05, 0.1) is 18.0 Å². The number of carboxylic acid groups (broad SMARTS) is 1. The van der Waals surface area contributed by atoms with E-state index < -0.39 is 35.8 Å². The van der Waals surface area contributed by atoms with Crippen LogP contribution in [0.2, 0.25) is 5.02 Å². The van der Waals surface area contributed by atoms with Crippen LogP contribution in [0.4, 0.5) is 15.0 Å². The summed E-state index contributed by atoms with van der Waals surface area (Å²) in [4.78, 5) is 44.6. The van der Waals surface area contributed by atoms with E-state index in [9.17, 15) is 23.9 Å². The molecule has 1 fully saturated rings. The first-order valence-corrected chi connectivity index (χ1v) is 12.2. The van der Waals surface area contributed by atoms with Crippen molar-refractivity contribution in [1.82, 2.24) is 14.8 Å². The summed E-state index contributed by atoms with van der Waals surface area (Å²) in [7, 11) is 0. The van der Waals surface area contributed by atoms with Gasteiger partial charge >= 0.3 is 12.0 Å². The number of anilines is 1. The first kappa shape index (κ1) is 26.9. The van der Waals surface area contributed by atoms with Crippen LogP contribution < -0.4 is 10.1 Å². The first-order valence-electron chi connectivity index (χ1n) is 11.9. The molecule has 9 nitrogen and oxygen atoms in total. The van der Waals surface area contributed by atoms with Crippen molar-refractivity contribution in [1.29, 1.82) is 0 Å². The maximum Gasteiger partial charge on any atom is 0.328 e. The molecule has 2 heterocycles. The molecule has 2 N–H and O–H groups in total. The van der Waals surface area contributed by atoms with Gasteiger partial charge < -0.3 is 15.2 Å². The number of aromatic nitrogens is 1. The molecule has 0 radical (unpaired) electrons. The second kappa shape index (κ2) is 11.5. The van der Waals surface area contributed by atoms with Gasteiger partial charge in [-0.15, -0.1) is 0 Å². The highest BCUT2D eigenvalue weighted by Gasteiger charge is 2.40. The van der Waals surface area contributed by atoms with Gasteiger partial charge in [-0.05, 0) is 48.9 Å². The molecule has 2 aromatic carbocycles. The number of aliphatic carboxylic acids is 1. The number of nitrogens with one attached hydrogen (secondary N) is 1. The number of hydrogen-bond donors (Lipinski definition) is 2. The van der Waals surface area contributed by atoms with Crippen LogP contribution in [0.3, 0.4) is 0 Å². The number of halogens is 2. The number of rotatable bonds is 9. The molecule has 11 heteroatoms. The van der Waals surface area contributed by atoms with E-state index in [1.807, 2.05) is 0 Å². The van der Waals surface area contributed by atoms with Crippen molar-refractivity contribution >= 4 is 35.3 Å². The summed E-state index contributed by atoms with van der Waals surface area (Å²) in [6, 6.07) is 15.4.